The van der Waals surface area contributed by atoms with Crippen LogP contribution in [-0.4, -0.2) is 14.3 Å². The average Bonchev–Trinajstić information content (AvgIpc) is 3.13. The molecule has 0 radical (unpaired) electrons. The zero-order valence-electron chi connectivity index (χ0n) is 12.6. The lowest BCUT2D eigenvalue weighted by Gasteiger charge is -2.13. The van der Waals surface area contributed by atoms with Crippen molar-refractivity contribution in [2.75, 3.05) is 0 Å². The van der Waals surface area contributed by atoms with E-state index >= 15 is 0 Å². The molecule has 2 aromatic heterocycles. The molecule has 118 valence electrons. The Morgan fingerprint density at radius 2 is 1.67 bits per heavy atom. The summed E-state index contributed by atoms with van der Waals surface area (Å²) in [6.45, 7) is 0.0613. The van der Waals surface area contributed by atoms with Crippen LogP contribution in [0.1, 0.15) is 5.69 Å². The van der Waals surface area contributed by atoms with E-state index in [4.69, 9.17) is 4.52 Å². The summed E-state index contributed by atoms with van der Waals surface area (Å²) in [5.74, 6) is 0. The summed E-state index contributed by atoms with van der Waals surface area (Å²) in [5.41, 5.74) is 1.05. The molecule has 2 heterocycles. The Morgan fingerprint density at radius 3 is 2.42 bits per heavy atom. The second kappa shape index (κ2) is 5.66. The van der Waals surface area contributed by atoms with Gasteiger partial charge in [-0.2, -0.15) is 0 Å². The minimum atomic E-state index is -0.409. The first-order valence-electron chi connectivity index (χ1n) is 7.45. The van der Waals surface area contributed by atoms with Crippen LogP contribution in [0.25, 0.3) is 16.6 Å². The maximum atomic E-state index is 13.0. The Bertz CT molecular complexity index is 1110. The first-order valence-corrected chi connectivity index (χ1v) is 7.45. The lowest BCUT2D eigenvalue weighted by molar-refractivity contribution is 0.408. The summed E-state index contributed by atoms with van der Waals surface area (Å²) in [5, 5.41) is 4.27. The molecule has 0 saturated heterocycles. The van der Waals surface area contributed by atoms with E-state index in [1.54, 1.807) is 24.3 Å². The standard InChI is InChI=1S/C18H13N3O3/c22-17-15-8-4-5-9-16(15)21(14-6-2-1-3-7-14)18(23)20(17)12-13-10-11-24-19-13/h1-11H,12H2. The third kappa shape index (κ3) is 2.25. The fourth-order valence-corrected chi connectivity index (χ4v) is 2.75. The van der Waals surface area contributed by atoms with Crippen molar-refractivity contribution in [3.63, 3.8) is 0 Å². The van der Waals surface area contributed by atoms with Crippen LogP contribution in [0.15, 0.2) is 81.0 Å². The normalized spacial score (nSPS) is 11.0. The van der Waals surface area contributed by atoms with Crippen LogP contribution >= 0.6 is 0 Å². The Kier molecular flexibility index (Phi) is 3.35. The maximum Gasteiger partial charge on any atom is 0.336 e. The summed E-state index contributed by atoms with van der Waals surface area (Å²) in [7, 11) is 0. The first kappa shape index (κ1) is 14.2. The molecule has 24 heavy (non-hydrogen) atoms. The number of hydrogen-bond acceptors (Lipinski definition) is 4. The molecule has 0 atom stereocenters. The lowest BCUT2D eigenvalue weighted by Crippen LogP contribution is -2.39. The van der Waals surface area contributed by atoms with Crippen LogP contribution in [0.4, 0.5) is 0 Å². The minimum Gasteiger partial charge on any atom is -0.364 e. The molecule has 0 saturated carbocycles. The van der Waals surface area contributed by atoms with Crippen molar-refractivity contribution in [1.82, 2.24) is 14.3 Å². The fraction of sp³-hybridized carbons (Fsp3) is 0.0556. The molecule has 4 aromatic rings. The Morgan fingerprint density at radius 1 is 0.917 bits per heavy atom. The van der Waals surface area contributed by atoms with Gasteiger partial charge in [-0.1, -0.05) is 35.5 Å². The van der Waals surface area contributed by atoms with E-state index in [2.05, 4.69) is 5.16 Å². The largest absolute Gasteiger partial charge is 0.364 e. The summed E-state index contributed by atoms with van der Waals surface area (Å²) in [6.07, 6.45) is 1.41. The molecule has 0 amide bonds. The first-order chi connectivity index (χ1) is 11.8. The third-order valence-electron chi connectivity index (χ3n) is 3.87. The SMILES string of the molecule is O=c1c2ccccc2n(-c2ccccc2)c(=O)n1Cc1ccon1. The van der Waals surface area contributed by atoms with E-state index in [-0.39, 0.29) is 12.1 Å². The Labute approximate surface area is 136 Å². The molecule has 0 unspecified atom stereocenters. The van der Waals surface area contributed by atoms with Gasteiger partial charge in [-0.15, -0.1) is 0 Å². The number of aromatic nitrogens is 3. The van der Waals surface area contributed by atoms with Crippen LogP contribution in [0, 0.1) is 0 Å². The molecular weight excluding hydrogens is 306 g/mol. The molecule has 0 spiro atoms. The Hall–Kier alpha value is -3.41. The van der Waals surface area contributed by atoms with E-state index in [1.807, 2.05) is 36.4 Å². The van der Waals surface area contributed by atoms with Crippen molar-refractivity contribution >= 4 is 10.9 Å². The van der Waals surface area contributed by atoms with Crippen molar-refractivity contribution in [1.29, 1.82) is 0 Å². The number of para-hydroxylation sites is 2. The van der Waals surface area contributed by atoms with Gasteiger partial charge in [0.15, 0.2) is 0 Å². The molecule has 4 rings (SSSR count). The number of rotatable bonds is 3. The average molecular weight is 319 g/mol. The summed E-state index contributed by atoms with van der Waals surface area (Å²) < 4.78 is 7.51. The molecule has 0 bridgehead atoms. The molecule has 0 N–H and O–H groups in total. The molecular formula is C18H13N3O3. The monoisotopic (exact) mass is 319 g/mol. The van der Waals surface area contributed by atoms with Crippen LogP contribution in [0.3, 0.4) is 0 Å². The van der Waals surface area contributed by atoms with Gasteiger partial charge in [-0.25, -0.2) is 4.79 Å². The highest BCUT2D eigenvalue weighted by Crippen LogP contribution is 2.13. The second-order valence-corrected chi connectivity index (χ2v) is 5.35. The quantitative estimate of drug-likeness (QED) is 0.580. The predicted molar refractivity (Wildman–Crippen MR) is 89.4 cm³/mol. The zero-order valence-corrected chi connectivity index (χ0v) is 12.6. The highest BCUT2D eigenvalue weighted by Gasteiger charge is 2.15. The zero-order chi connectivity index (χ0) is 16.5. The van der Waals surface area contributed by atoms with Crippen molar-refractivity contribution in [2.45, 2.75) is 6.54 Å². The molecule has 2 aromatic carbocycles. The van der Waals surface area contributed by atoms with Gasteiger partial charge in [0.25, 0.3) is 5.56 Å². The van der Waals surface area contributed by atoms with Crippen LogP contribution < -0.4 is 11.2 Å². The number of benzene rings is 2. The minimum absolute atomic E-state index is 0.0613. The number of hydrogen-bond donors (Lipinski definition) is 0. The maximum absolute atomic E-state index is 13.0. The van der Waals surface area contributed by atoms with Gasteiger partial charge in [0.1, 0.15) is 12.0 Å². The highest BCUT2D eigenvalue weighted by molar-refractivity contribution is 5.79. The number of nitrogens with zero attached hydrogens (tertiary/aromatic N) is 3. The second-order valence-electron chi connectivity index (χ2n) is 5.35. The molecule has 0 fully saturated rings. The highest BCUT2D eigenvalue weighted by atomic mass is 16.5. The molecule has 0 aliphatic heterocycles. The summed E-state index contributed by atoms with van der Waals surface area (Å²) >= 11 is 0. The summed E-state index contributed by atoms with van der Waals surface area (Å²) in [4.78, 5) is 25.7. The van der Waals surface area contributed by atoms with Gasteiger partial charge in [-0.3, -0.25) is 13.9 Å². The fourth-order valence-electron chi connectivity index (χ4n) is 2.75. The molecule has 6 heteroatoms. The summed E-state index contributed by atoms with van der Waals surface area (Å²) in [6, 6.07) is 18.0. The van der Waals surface area contributed by atoms with Gasteiger partial charge in [-0.05, 0) is 24.3 Å². The van der Waals surface area contributed by atoms with Gasteiger partial charge in [0, 0.05) is 6.07 Å². The van der Waals surface area contributed by atoms with Gasteiger partial charge in [0.2, 0.25) is 0 Å². The van der Waals surface area contributed by atoms with E-state index in [9.17, 15) is 9.59 Å². The number of fused-ring (bicyclic) bond motifs is 1. The van der Waals surface area contributed by atoms with Crippen molar-refractivity contribution in [2.24, 2.45) is 0 Å². The van der Waals surface area contributed by atoms with Crippen molar-refractivity contribution < 1.29 is 4.52 Å². The third-order valence-corrected chi connectivity index (χ3v) is 3.87. The predicted octanol–water partition coefficient (Wildman–Crippen LogP) is 2.19. The van der Waals surface area contributed by atoms with E-state index in [0.29, 0.717) is 22.3 Å². The molecule has 6 nitrogen and oxygen atoms in total. The van der Waals surface area contributed by atoms with Crippen LogP contribution in [-0.2, 0) is 6.54 Å². The topological polar surface area (TPSA) is 70.0 Å². The van der Waals surface area contributed by atoms with Crippen LogP contribution in [0.5, 0.6) is 0 Å². The van der Waals surface area contributed by atoms with Gasteiger partial charge >= 0.3 is 5.69 Å². The van der Waals surface area contributed by atoms with E-state index in [1.165, 1.54) is 15.4 Å². The van der Waals surface area contributed by atoms with E-state index < -0.39 is 5.69 Å². The van der Waals surface area contributed by atoms with Crippen LogP contribution in [0.2, 0.25) is 0 Å². The van der Waals surface area contributed by atoms with Gasteiger partial charge < -0.3 is 4.52 Å². The smallest absolute Gasteiger partial charge is 0.336 e. The Balaban J connectivity index is 2.07. The lowest BCUT2D eigenvalue weighted by atomic mass is 10.2. The van der Waals surface area contributed by atoms with Gasteiger partial charge in [0.05, 0.1) is 23.1 Å². The molecule has 0 aliphatic rings. The van der Waals surface area contributed by atoms with E-state index in [0.717, 1.165) is 0 Å². The van der Waals surface area contributed by atoms with Crippen molar-refractivity contribution in [3.05, 3.63) is 93.5 Å². The molecule has 0 aliphatic carbocycles. The van der Waals surface area contributed by atoms with Crippen molar-refractivity contribution in [3.8, 4) is 5.69 Å².